The highest BCUT2D eigenvalue weighted by atomic mass is 32.2. The maximum atomic E-state index is 13.8. The first kappa shape index (κ1) is 19.4. The van der Waals surface area contributed by atoms with Crippen molar-refractivity contribution in [3.63, 3.8) is 0 Å². The molecule has 1 aromatic carbocycles. The molecule has 0 radical (unpaired) electrons. The van der Waals surface area contributed by atoms with E-state index in [0.717, 1.165) is 17.0 Å². The maximum Gasteiger partial charge on any atom is 0.419 e. The smallest absolute Gasteiger partial charge is 0.383 e. The first-order valence-corrected chi connectivity index (χ1v) is 9.30. The summed E-state index contributed by atoms with van der Waals surface area (Å²) in [4.78, 5) is 13.4. The van der Waals surface area contributed by atoms with Gasteiger partial charge in [0.25, 0.3) is 0 Å². The number of alkyl halides is 3. The Kier molecular flexibility index (Phi) is 5.24. The summed E-state index contributed by atoms with van der Waals surface area (Å²) in [6.45, 7) is 1.83. The van der Waals surface area contributed by atoms with Crippen molar-refractivity contribution in [1.82, 2.24) is 15.0 Å². The topological polar surface area (TPSA) is 90.7 Å². The van der Waals surface area contributed by atoms with Gasteiger partial charge in [-0.3, -0.25) is 0 Å². The minimum absolute atomic E-state index is 0.251. The molecule has 0 aliphatic heterocycles. The van der Waals surface area contributed by atoms with Gasteiger partial charge in [0.05, 0.1) is 11.3 Å². The molecule has 27 heavy (non-hydrogen) atoms. The van der Waals surface area contributed by atoms with Gasteiger partial charge in [0.1, 0.15) is 22.5 Å². The van der Waals surface area contributed by atoms with Gasteiger partial charge in [-0.2, -0.15) is 13.2 Å². The Morgan fingerprint density at radius 3 is 2.33 bits per heavy atom. The molecule has 0 bridgehead atoms. The highest BCUT2D eigenvalue weighted by Gasteiger charge is 2.34. The third-order valence-electron chi connectivity index (χ3n) is 3.50. The van der Waals surface area contributed by atoms with Crippen LogP contribution in [0.4, 0.5) is 29.2 Å². The first-order chi connectivity index (χ1) is 12.6. The van der Waals surface area contributed by atoms with Crippen LogP contribution in [0.15, 0.2) is 29.4 Å². The monoisotopic (exact) mass is 415 g/mol. The Bertz CT molecular complexity index is 967. The van der Waals surface area contributed by atoms with E-state index in [4.69, 9.17) is 11.5 Å². The molecule has 0 fully saturated rings. The molecule has 0 atom stereocenters. The van der Waals surface area contributed by atoms with E-state index in [1.54, 1.807) is 0 Å². The van der Waals surface area contributed by atoms with Gasteiger partial charge >= 0.3 is 6.18 Å². The summed E-state index contributed by atoms with van der Waals surface area (Å²) >= 11 is 2.54. The predicted molar refractivity (Wildman–Crippen MR) is 97.7 cm³/mol. The third kappa shape index (κ3) is 4.48. The van der Waals surface area contributed by atoms with Gasteiger partial charge in [-0.25, -0.2) is 19.3 Å². The molecule has 3 aromatic rings. The number of nitrogen functional groups attached to an aromatic ring is 2. The number of nitrogens with zero attached hydrogens (tertiary/aromatic N) is 3. The third-order valence-corrected chi connectivity index (χ3v) is 5.42. The fourth-order valence-corrected chi connectivity index (χ4v) is 4.13. The molecule has 0 aliphatic rings. The van der Waals surface area contributed by atoms with E-state index in [1.807, 2.05) is 6.92 Å². The van der Waals surface area contributed by atoms with E-state index < -0.39 is 17.6 Å². The standard InChI is InChI=1S/C16H13F4N5S2/c1-7-11(6-26-15-24-12(21)5-13(22)25-15)23-14(27-7)8-2-3-9(10(17)4-8)16(18,19)20/h2-5H,6H2,1H3,(H4,21,22,24,25). The number of aromatic nitrogens is 3. The normalized spacial score (nSPS) is 11.7. The van der Waals surface area contributed by atoms with Crippen molar-refractivity contribution in [2.75, 3.05) is 11.5 Å². The molecule has 11 heteroatoms. The lowest BCUT2D eigenvalue weighted by molar-refractivity contribution is -0.139. The van der Waals surface area contributed by atoms with Crippen molar-refractivity contribution < 1.29 is 17.6 Å². The van der Waals surface area contributed by atoms with E-state index in [9.17, 15) is 17.6 Å². The zero-order chi connectivity index (χ0) is 19.8. The average Bonchev–Trinajstić information content (AvgIpc) is 2.92. The summed E-state index contributed by atoms with van der Waals surface area (Å²) in [5.41, 5.74) is 10.9. The summed E-state index contributed by atoms with van der Waals surface area (Å²) in [5.74, 6) is -0.414. The zero-order valence-electron chi connectivity index (χ0n) is 13.8. The highest BCUT2D eigenvalue weighted by Crippen LogP contribution is 2.35. The van der Waals surface area contributed by atoms with E-state index in [-0.39, 0.29) is 17.2 Å². The quantitative estimate of drug-likeness (QED) is 0.370. The van der Waals surface area contributed by atoms with Crippen LogP contribution in [0.3, 0.4) is 0 Å². The van der Waals surface area contributed by atoms with Gasteiger partial charge in [-0.05, 0) is 19.1 Å². The number of thiazole rings is 1. The number of benzene rings is 1. The summed E-state index contributed by atoms with van der Waals surface area (Å²) in [7, 11) is 0. The van der Waals surface area contributed by atoms with Crippen molar-refractivity contribution in [3.8, 4) is 10.6 Å². The molecule has 3 rings (SSSR count). The van der Waals surface area contributed by atoms with Crippen LogP contribution in [0, 0.1) is 12.7 Å². The van der Waals surface area contributed by atoms with Gasteiger partial charge in [0.2, 0.25) is 0 Å². The van der Waals surface area contributed by atoms with E-state index in [1.165, 1.54) is 35.2 Å². The van der Waals surface area contributed by atoms with Crippen LogP contribution in [-0.4, -0.2) is 15.0 Å². The second-order valence-corrected chi connectivity index (χ2v) is 7.65. The lowest BCUT2D eigenvalue weighted by atomic mass is 10.1. The Hall–Kier alpha value is -2.40. The molecule has 0 saturated heterocycles. The molecule has 2 aromatic heterocycles. The van der Waals surface area contributed by atoms with Crippen molar-refractivity contribution in [2.45, 2.75) is 24.0 Å². The zero-order valence-corrected chi connectivity index (χ0v) is 15.5. The molecule has 0 aliphatic carbocycles. The number of anilines is 2. The number of hydrogen-bond acceptors (Lipinski definition) is 7. The first-order valence-electron chi connectivity index (χ1n) is 7.49. The van der Waals surface area contributed by atoms with Crippen LogP contribution in [0.5, 0.6) is 0 Å². The fraction of sp³-hybridized carbons (Fsp3) is 0.188. The molecule has 2 heterocycles. The predicted octanol–water partition coefficient (Wildman–Crippen LogP) is 4.52. The lowest BCUT2D eigenvalue weighted by Crippen LogP contribution is -2.07. The van der Waals surface area contributed by atoms with E-state index >= 15 is 0 Å². The van der Waals surface area contributed by atoms with Gasteiger partial charge in [-0.15, -0.1) is 11.3 Å². The number of hydrogen-bond donors (Lipinski definition) is 2. The van der Waals surface area contributed by atoms with Crippen LogP contribution in [-0.2, 0) is 11.9 Å². The van der Waals surface area contributed by atoms with Crippen molar-refractivity contribution >= 4 is 34.7 Å². The molecular formula is C16H13F4N5S2. The Labute approximate surface area is 159 Å². The Morgan fingerprint density at radius 2 is 1.74 bits per heavy atom. The Balaban J connectivity index is 1.81. The number of rotatable bonds is 4. The molecule has 0 saturated carbocycles. The lowest BCUT2D eigenvalue weighted by Gasteiger charge is -2.08. The number of aryl methyl sites for hydroxylation is 1. The maximum absolute atomic E-state index is 13.8. The van der Waals surface area contributed by atoms with Crippen molar-refractivity contribution in [3.05, 3.63) is 46.2 Å². The summed E-state index contributed by atoms with van der Waals surface area (Å²) in [5, 5.41) is 0.825. The number of thioether (sulfide) groups is 1. The molecule has 5 nitrogen and oxygen atoms in total. The van der Waals surface area contributed by atoms with Gasteiger partial charge in [0, 0.05) is 22.3 Å². The van der Waals surface area contributed by atoms with Crippen LogP contribution >= 0.6 is 23.1 Å². The number of nitrogens with two attached hydrogens (primary N) is 2. The minimum atomic E-state index is -4.73. The summed E-state index contributed by atoms with van der Waals surface area (Å²) in [6.07, 6.45) is -4.73. The van der Waals surface area contributed by atoms with E-state index in [2.05, 4.69) is 15.0 Å². The van der Waals surface area contributed by atoms with Crippen LogP contribution < -0.4 is 11.5 Å². The second-order valence-electron chi connectivity index (χ2n) is 5.50. The molecule has 4 N–H and O–H groups in total. The summed E-state index contributed by atoms with van der Waals surface area (Å²) in [6, 6.07) is 4.22. The van der Waals surface area contributed by atoms with Crippen LogP contribution in [0.1, 0.15) is 16.1 Å². The SMILES string of the molecule is Cc1sc(-c2ccc(C(F)(F)F)c(F)c2)nc1CSc1nc(N)cc(N)n1. The van der Waals surface area contributed by atoms with Gasteiger partial charge < -0.3 is 11.5 Å². The largest absolute Gasteiger partial charge is 0.419 e. The number of halogens is 4. The van der Waals surface area contributed by atoms with Crippen LogP contribution in [0.25, 0.3) is 10.6 Å². The molecule has 0 amide bonds. The molecule has 0 spiro atoms. The van der Waals surface area contributed by atoms with Crippen molar-refractivity contribution in [1.29, 1.82) is 0 Å². The van der Waals surface area contributed by atoms with Gasteiger partial charge in [-0.1, -0.05) is 17.8 Å². The van der Waals surface area contributed by atoms with Crippen molar-refractivity contribution in [2.24, 2.45) is 0 Å². The average molecular weight is 415 g/mol. The minimum Gasteiger partial charge on any atom is -0.383 e. The van der Waals surface area contributed by atoms with Crippen LogP contribution in [0.2, 0.25) is 0 Å². The second kappa shape index (κ2) is 7.31. The molecular weight excluding hydrogens is 402 g/mol. The molecule has 142 valence electrons. The summed E-state index contributed by atoms with van der Waals surface area (Å²) < 4.78 is 51.8. The fourth-order valence-electron chi connectivity index (χ4n) is 2.22. The Morgan fingerprint density at radius 1 is 1.07 bits per heavy atom. The van der Waals surface area contributed by atoms with E-state index in [0.29, 0.717) is 21.6 Å². The van der Waals surface area contributed by atoms with Gasteiger partial charge in [0.15, 0.2) is 5.16 Å². The molecule has 0 unspecified atom stereocenters. The highest BCUT2D eigenvalue weighted by molar-refractivity contribution is 7.98.